The average Bonchev–Trinajstić information content (AvgIpc) is 3.09. The minimum absolute atomic E-state index is 0.134. The molecule has 1 saturated heterocycles. The number of nitrogens with zero attached hydrogens (tertiary/aromatic N) is 2. The second-order valence-electron chi connectivity index (χ2n) is 6.72. The topological polar surface area (TPSA) is 59.5 Å². The van der Waals surface area contributed by atoms with E-state index in [0.29, 0.717) is 11.8 Å². The zero-order chi connectivity index (χ0) is 17.8. The zero-order valence-electron chi connectivity index (χ0n) is 14.5. The molecule has 0 N–H and O–H groups in total. The molecule has 1 aromatic carbocycles. The molecule has 0 spiro atoms. The summed E-state index contributed by atoms with van der Waals surface area (Å²) in [6.07, 6.45) is 1.13. The van der Waals surface area contributed by atoms with Crippen LogP contribution in [0.4, 0.5) is 0 Å². The van der Waals surface area contributed by atoms with Crippen molar-refractivity contribution in [2.24, 2.45) is 11.8 Å². The molecule has 1 aliphatic rings. The van der Waals surface area contributed by atoms with Gasteiger partial charge in [0.25, 0.3) is 5.91 Å². The lowest BCUT2D eigenvalue weighted by molar-refractivity contribution is -0.137. The van der Waals surface area contributed by atoms with Crippen molar-refractivity contribution < 1.29 is 14.3 Å². The van der Waals surface area contributed by atoms with E-state index in [-0.39, 0.29) is 18.2 Å². The van der Waals surface area contributed by atoms with Crippen LogP contribution in [0.3, 0.4) is 0 Å². The Bertz CT molecular complexity index is 734. The second-order valence-corrected chi connectivity index (χ2v) is 7.58. The standard InChI is InChI=1S/C19H22N2O3S/c1-13-8-14(2)10-21(9-13)17(22)11-24-19(23)16-12-25-18(20-16)15-6-4-3-5-7-15/h3-7,12-14H,8-11H2,1-2H3. The van der Waals surface area contributed by atoms with Crippen LogP contribution in [-0.2, 0) is 9.53 Å². The SMILES string of the molecule is CC1CC(C)CN(C(=O)COC(=O)c2csc(-c3ccccc3)n2)C1. The number of rotatable bonds is 4. The van der Waals surface area contributed by atoms with Crippen LogP contribution in [0.5, 0.6) is 0 Å². The Balaban J connectivity index is 1.56. The van der Waals surface area contributed by atoms with Crippen molar-refractivity contribution in [2.45, 2.75) is 20.3 Å². The van der Waals surface area contributed by atoms with E-state index in [0.717, 1.165) is 30.1 Å². The largest absolute Gasteiger partial charge is 0.451 e. The van der Waals surface area contributed by atoms with Crippen LogP contribution in [0.1, 0.15) is 30.8 Å². The first kappa shape index (κ1) is 17.6. The summed E-state index contributed by atoms with van der Waals surface area (Å²) in [4.78, 5) is 30.5. The number of aromatic nitrogens is 1. The summed E-state index contributed by atoms with van der Waals surface area (Å²) in [5.41, 5.74) is 1.20. The highest BCUT2D eigenvalue weighted by atomic mass is 32.1. The maximum atomic E-state index is 12.3. The van der Waals surface area contributed by atoms with Crippen molar-refractivity contribution in [1.29, 1.82) is 0 Å². The Morgan fingerprint density at radius 3 is 2.56 bits per heavy atom. The van der Waals surface area contributed by atoms with Gasteiger partial charge in [0.15, 0.2) is 12.3 Å². The fourth-order valence-corrected chi connectivity index (χ4v) is 4.04. The van der Waals surface area contributed by atoms with Gasteiger partial charge in [-0.3, -0.25) is 4.79 Å². The van der Waals surface area contributed by atoms with Crippen LogP contribution in [0.15, 0.2) is 35.7 Å². The molecule has 132 valence electrons. The van der Waals surface area contributed by atoms with Gasteiger partial charge < -0.3 is 9.64 Å². The minimum Gasteiger partial charge on any atom is -0.451 e. The summed E-state index contributed by atoms with van der Waals surface area (Å²) < 4.78 is 5.18. The molecule has 0 radical (unpaired) electrons. The van der Waals surface area contributed by atoms with Crippen LogP contribution in [0.2, 0.25) is 0 Å². The first-order valence-electron chi connectivity index (χ1n) is 8.48. The van der Waals surface area contributed by atoms with Gasteiger partial charge in [-0.1, -0.05) is 44.2 Å². The monoisotopic (exact) mass is 358 g/mol. The van der Waals surface area contributed by atoms with Gasteiger partial charge in [-0.25, -0.2) is 9.78 Å². The normalized spacial score (nSPS) is 20.3. The number of ether oxygens (including phenoxy) is 1. The third-order valence-electron chi connectivity index (χ3n) is 4.28. The fourth-order valence-electron chi connectivity index (χ4n) is 3.24. The number of thiazole rings is 1. The van der Waals surface area contributed by atoms with Gasteiger partial charge in [-0.2, -0.15) is 0 Å². The maximum absolute atomic E-state index is 12.3. The first-order chi connectivity index (χ1) is 12.0. The molecule has 0 saturated carbocycles. The van der Waals surface area contributed by atoms with Crippen LogP contribution in [-0.4, -0.2) is 41.5 Å². The highest BCUT2D eigenvalue weighted by Gasteiger charge is 2.26. The molecule has 3 rings (SSSR count). The Labute approximate surface area is 151 Å². The van der Waals surface area contributed by atoms with Gasteiger partial charge in [0, 0.05) is 24.0 Å². The highest BCUT2D eigenvalue weighted by Crippen LogP contribution is 2.24. The maximum Gasteiger partial charge on any atom is 0.358 e. The van der Waals surface area contributed by atoms with Crippen molar-refractivity contribution in [2.75, 3.05) is 19.7 Å². The molecule has 1 amide bonds. The van der Waals surface area contributed by atoms with Crippen molar-refractivity contribution >= 4 is 23.2 Å². The molecule has 5 nitrogen and oxygen atoms in total. The first-order valence-corrected chi connectivity index (χ1v) is 9.36. The van der Waals surface area contributed by atoms with Crippen LogP contribution in [0.25, 0.3) is 10.6 Å². The number of hydrogen-bond donors (Lipinski definition) is 0. The van der Waals surface area contributed by atoms with Gasteiger partial charge in [-0.05, 0) is 18.3 Å². The Hall–Kier alpha value is -2.21. The molecule has 0 bridgehead atoms. The van der Waals surface area contributed by atoms with Gasteiger partial charge in [0.05, 0.1) is 0 Å². The van der Waals surface area contributed by atoms with Gasteiger partial charge in [0.1, 0.15) is 5.01 Å². The number of carbonyl (C=O) groups excluding carboxylic acids is 2. The molecule has 2 atom stereocenters. The van der Waals surface area contributed by atoms with Crippen LogP contribution in [0, 0.1) is 11.8 Å². The molecule has 25 heavy (non-hydrogen) atoms. The lowest BCUT2D eigenvalue weighted by atomic mass is 9.92. The molecule has 2 heterocycles. The number of carbonyl (C=O) groups is 2. The molecule has 6 heteroatoms. The molecule has 2 unspecified atom stereocenters. The Morgan fingerprint density at radius 1 is 1.20 bits per heavy atom. The van der Waals surface area contributed by atoms with E-state index in [1.165, 1.54) is 11.3 Å². The summed E-state index contributed by atoms with van der Waals surface area (Å²) in [6.45, 7) is 5.52. The lowest BCUT2D eigenvalue weighted by Crippen LogP contribution is -2.44. The summed E-state index contributed by atoms with van der Waals surface area (Å²) in [7, 11) is 0. The van der Waals surface area contributed by atoms with Gasteiger partial charge >= 0.3 is 5.97 Å². The number of likely N-dealkylation sites (tertiary alicyclic amines) is 1. The van der Waals surface area contributed by atoms with E-state index >= 15 is 0 Å². The molecule has 2 aromatic rings. The van der Waals surface area contributed by atoms with Crippen LogP contribution < -0.4 is 0 Å². The van der Waals surface area contributed by atoms with E-state index in [1.807, 2.05) is 30.3 Å². The number of piperidine rings is 1. The van der Waals surface area contributed by atoms with E-state index in [4.69, 9.17) is 4.74 Å². The molecular formula is C19H22N2O3S. The summed E-state index contributed by atoms with van der Waals surface area (Å²) in [6, 6.07) is 9.66. The zero-order valence-corrected chi connectivity index (χ0v) is 15.3. The lowest BCUT2D eigenvalue weighted by Gasteiger charge is -2.34. The molecule has 1 aromatic heterocycles. The van der Waals surface area contributed by atoms with Gasteiger partial charge in [0.2, 0.25) is 0 Å². The van der Waals surface area contributed by atoms with Gasteiger partial charge in [-0.15, -0.1) is 11.3 Å². The predicted octanol–water partition coefficient (Wildman–Crippen LogP) is 3.47. The molecule has 1 fully saturated rings. The summed E-state index contributed by atoms with van der Waals surface area (Å²) >= 11 is 1.39. The fraction of sp³-hybridized carbons (Fsp3) is 0.421. The molecular weight excluding hydrogens is 336 g/mol. The van der Waals surface area contributed by atoms with Crippen molar-refractivity contribution in [3.05, 3.63) is 41.4 Å². The van der Waals surface area contributed by atoms with E-state index < -0.39 is 5.97 Å². The summed E-state index contributed by atoms with van der Waals surface area (Å²) in [5.74, 6) is 0.279. The summed E-state index contributed by atoms with van der Waals surface area (Å²) in [5, 5.41) is 2.43. The highest BCUT2D eigenvalue weighted by molar-refractivity contribution is 7.13. The number of amides is 1. The van der Waals surface area contributed by atoms with Crippen molar-refractivity contribution in [1.82, 2.24) is 9.88 Å². The quantitative estimate of drug-likeness (QED) is 0.785. The minimum atomic E-state index is -0.551. The number of esters is 1. The predicted molar refractivity (Wildman–Crippen MR) is 97.4 cm³/mol. The molecule has 1 aliphatic heterocycles. The second kappa shape index (κ2) is 7.78. The van der Waals surface area contributed by atoms with E-state index in [2.05, 4.69) is 18.8 Å². The Morgan fingerprint density at radius 2 is 1.88 bits per heavy atom. The smallest absolute Gasteiger partial charge is 0.358 e. The van der Waals surface area contributed by atoms with Crippen LogP contribution >= 0.6 is 11.3 Å². The third kappa shape index (κ3) is 4.45. The molecule has 0 aliphatic carbocycles. The number of hydrogen-bond acceptors (Lipinski definition) is 5. The van der Waals surface area contributed by atoms with Crippen molar-refractivity contribution in [3.8, 4) is 10.6 Å². The Kier molecular flexibility index (Phi) is 5.48. The average molecular weight is 358 g/mol. The van der Waals surface area contributed by atoms with Crippen molar-refractivity contribution in [3.63, 3.8) is 0 Å². The van der Waals surface area contributed by atoms with E-state index in [1.54, 1.807) is 10.3 Å². The number of benzene rings is 1. The third-order valence-corrected chi connectivity index (χ3v) is 5.17. The van der Waals surface area contributed by atoms with E-state index in [9.17, 15) is 9.59 Å².